The molecular formula is C21H25ClN2O3S. The predicted molar refractivity (Wildman–Crippen MR) is 112 cm³/mol. The van der Waals surface area contributed by atoms with Crippen molar-refractivity contribution in [1.29, 1.82) is 0 Å². The average Bonchev–Trinajstić information content (AvgIpc) is 2.63. The number of hydrogen-bond acceptors (Lipinski definition) is 3. The molecule has 150 valence electrons. The van der Waals surface area contributed by atoms with Crippen LogP contribution in [0, 0.1) is 26.7 Å². The van der Waals surface area contributed by atoms with Crippen molar-refractivity contribution in [2.45, 2.75) is 38.5 Å². The van der Waals surface area contributed by atoms with Gasteiger partial charge in [-0.3, -0.25) is 4.79 Å². The lowest BCUT2D eigenvalue weighted by Gasteiger charge is -2.31. The second kappa shape index (κ2) is 8.23. The molecule has 0 aliphatic carbocycles. The summed E-state index contributed by atoms with van der Waals surface area (Å²) in [5.74, 6) is -0.350. The fourth-order valence-corrected chi connectivity index (χ4v) is 5.50. The Labute approximate surface area is 171 Å². The fraction of sp³-hybridized carbons (Fsp3) is 0.381. The first kappa shape index (κ1) is 20.8. The molecule has 0 radical (unpaired) electrons. The number of nitrogens with zero attached hydrogens (tertiary/aromatic N) is 1. The lowest BCUT2D eigenvalue weighted by molar-refractivity contribution is -0.120. The zero-order chi connectivity index (χ0) is 20.5. The Kier molecular flexibility index (Phi) is 6.12. The number of sulfonamides is 1. The van der Waals surface area contributed by atoms with E-state index >= 15 is 0 Å². The predicted octanol–water partition coefficient (Wildman–Crippen LogP) is 4.30. The Hall–Kier alpha value is -1.89. The van der Waals surface area contributed by atoms with Crippen LogP contribution in [0.4, 0.5) is 5.69 Å². The van der Waals surface area contributed by atoms with Crippen molar-refractivity contribution in [3.05, 3.63) is 58.1 Å². The minimum atomic E-state index is -3.55. The summed E-state index contributed by atoms with van der Waals surface area (Å²) in [6, 6.07) is 10.8. The number of anilines is 1. The van der Waals surface area contributed by atoms with E-state index in [1.54, 1.807) is 18.2 Å². The molecule has 28 heavy (non-hydrogen) atoms. The Morgan fingerprint density at radius 3 is 2.25 bits per heavy atom. The number of benzene rings is 2. The summed E-state index contributed by atoms with van der Waals surface area (Å²) in [5, 5.41) is 3.37. The highest BCUT2D eigenvalue weighted by Crippen LogP contribution is 2.28. The zero-order valence-corrected chi connectivity index (χ0v) is 17.9. The zero-order valence-electron chi connectivity index (χ0n) is 16.3. The SMILES string of the molecule is Cc1ccc(S(=O)(=O)N2CCC(C(=O)Nc3ccc(C)cc3Cl)CC2)c(C)c1. The smallest absolute Gasteiger partial charge is 0.243 e. The standard InChI is InChI=1S/C21H25ClN2O3S/c1-14-5-7-20(16(3)12-14)28(26,27)24-10-8-17(9-11-24)21(25)23-19-6-4-15(2)13-18(19)22/h4-7,12-13,17H,8-11H2,1-3H3,(H,23,25). The van der Waals surface area contributed by atoms with E-state index in [2.05, 4.69) is 5.32 Å². The van der Waals surface area contributed by atoms with Crippen LogP contribution in [-0.2, 0) is 14.8 Å². The molecule has 1 amide bonds. The number of rotatable bonds is 4. The van der Waals surface area contributed by atoms with Crippen LogP contribution in [-0.4, -0.2) is 31.7 Å². The first-order valence-corrected chi connectivity index (χ1v) is 11.1. The number of amides is 1. The van der Waals surface area contributed by atoms with Crippen LogP contribution in [0.1, 0.15) is 29.5 Å². The molecule has 7 heteroatoms. The van der Waals surface area contributed by atoms with Crippen LogP contribution < -0.4 is 5.32 Å². The van der Waals surface area contributed by atoms with Gasteiger partial charge >= 0.3 is 0 Å². The van der Waals surface area contributed by atoms with Gasteiger partial charge in [-0.05, 0) is 62.9 Å². The topological polar surface area (TPSA) is 66.5 Å². The van der Waals surface area contributed by atoms with Crippen molar-refractivity contribution in [3.8, 4) is 0 Å². The van der Waals surface area contributed by atoms with E-state index < -0.39 is 10.0 Å². The van der Waals surface area contributed by atoms with Gasteiger partial charge in [-0.1, -0.05) is 35.4 Å². The molecule has 0 unspecified atom stereocenters. The van der Waals surface area contributed by atoms with Gasteiger partial charge in [-0.2, -0.15) is 4.31 Å². The van der Waals surface area contributed by atoms with Crippen molar-refractivity contribution in [3.63, 3.8) is 0 Å². The molecule has 3 rings (SSSR count). The van der Waals surface area contributed by atoms with Gasteiger partial charge in [0.25, 0.3) is 0 Å². The summed E-state index contributed by atoms with van der Waals surface area (Å²) in [4.78, 5) is 12.9. The highest BCUT2D eigenvalue weighted by molar-refractivity contribution is 7.89. The Balaban J connectivity index is 1.65. The second-order valence-corrected chi connectivity index (χ2v) is 9.73. The number of piperidine rings is 1. The Bertz CT molecular complexity index is 997. The van der Waals surface area contributed by atoms with E-state index in [9.17, 15) is 13.2 Å². The first-order chi connectivity index (χ1) is 13.2. The quantitative estimate of drug-likeness (QED) is 0.801. The van der Waals surface area contributed by atoms with Gasteiger partial charge in [-0.15, -0.1) is 0 Å². The van der Waals surface area contributed by atoms with Gasteiger partial charge in [0.1, 0.15) is 0 Å². The van der Waals surface area contributed by atoms with Crippen molar-refractivity contribution in [2.24, 2.45) is 5.92 Å². The summed E-state index contributed by atoms with van der Waals surface area (Å²) in [6.45, 7) is 6.34. The molecule has 1 aliphatic heterocycles. The third-order valence-corrected chi connectivity index (χ3v) is 7.53. The minimum Gasteiger partial charge on any atom is -0.325 e. The molecule has 0 spiro atoms. The molecule has 5 nitrogen and oxygen atoms in total. The Morgan fingerprint density at radius 2 is 1.64 bits per heavy atom. The van der Waals surface area contributed by atoms with E-state index in [0.29, 0.717) is 41.5 Å². The lowest BCUT2D eigenvalue weighted by Crippen LogP contribution is -2.41. The van der Waals surface area contributed by atoms with Crippen LogP contribution in [0.25, 0.3) is 0 Å². The average molecular weight is 421 g/mol. The van der Waals surface area contributed by atoms with Crippen LogP contribution in [0.2, 0.25) is 5.02 Å². The maximum atomic E-state index is 13.0. The molecule has 0 bridgehead atoms. The molecule has 2 aromatic rings. The van der Waals surface area contributed by atoms with Gasteiger partial charge in [0.15, 0.2) is 0 Å². The van der Waals surface area contributed by atoms with Crippen LogP contribution in [0.5, 0.6) is 0 Å². The second-order valence-electron chi connectivity index (χ2n) is 7.42. The summed E-state index contributed by atoms with van der Waals surface area (Å²) in [6.07, 6.45) is 0.971. The summed E-state index contributed by atoms with van der Waals surface area (Å²) < 4.78 is 27.4. The molecule has 0 atom stereocenters. The molecule has 1 saturated heterocycles. The lowest BCUT2D eigenvalue weighted by atomic mass is 9.97. The molecular weight excluding hydrogens is 396 g/mol. The molecule has 1 heterocycles. The van der Waals surface area contributed by atoms with Crippen molar-refractivity contribution >= 4 is 33.2 Å². The highest BCUT2D eigenvalue weighted by Gasteiger charge is 2.33. The number of carbonyl (C=O) groups is 1. The normalized spacial score (nSPS) is 16.1. The van der Waals surface area contributed by atoms with E-state index in [1.165, 1.54) is 4.31 Å². The third kappa shape index (κ3) is 4.40. The van der Waals surface area contributed by atoms with Crippen LogP contribution in [0.15, 0.2) is 41.3 Å². The highest BCUT2D eigenvalue weighted by atomic mass is 35.5. The van der Waals surface area contributed by atoms with Gasteiger partial charge in [-0.25, -0.2) is 8.42 Å². The molecule has 1 N–H and O–H groups in total. The van der Waals surface area contributed by atoms with E-state index in [0.717, 1.165) is 16.7 Å². The fourth-order valence-electron chi connectivity index (χ4n) is 3.54. The van der Waals surface area contributed by atoms with Gasteiger partial charge in [0.05, 0.1) is 15.6 Å². The summed E-state index contributed by atoms with van der Waals surface area (Å²) in [5.41, 5.74) is 3.38. The molecule has 2 aromatic carbocycles. The third-order valence-electron chi connectivity index (χ3n) is 5.16. The number of halogens is 1. The molecule has 0 aromatic heterocycles. The van der Waals surface area contributed by atoms with Crippen molar-refractivity contribution < 1.29 is 13.2 Å². The van der Waals surface area contributed by atoms with Crippen LogP contribution in [0.3, 0.4) is 0 Å². The maximum Gasteiger partial charge on any atom is 0.243 e. The summed E-state index contributed by atoms with van der Waals surface area (Å²) in [7, 11) is -3.55. The number of aryl methyl sites for hydroxylation is 3. The number of carbonyl (C=O) groups excluding carboxylic acids is 1. The van der Waals surface area contributed by atoms with Gasteiger partial charge in [0.2, 0.25) is 15.9 Å². The minimum absolute atomic E-state index is 0.116. The monoisotopic (exact) mass is 420 g/mol. The van der Waals surface area contributed by atoms with Crippen molar-refractivity contribution in [1.82, 2.24) is 4.31 Å². The maximum absolute atomic E-state index is 13.0. The van der Waals surface area contributed by atoms with E-state index in [1.807, 2.05) is 39.0 Å². The van der Waals surface area contributed by atoms with Crippen LogP contribution >= 0.6 is 11.6 Å². The summed E-state index contributed by atoms with van der Waals surface area (Å²) >= 11 is 6.19. The van der Waals surface area contributed by atoms with Gasteiger partial charge in [0, 0.05) is 19.0 Å². The van der Waals surface area contributed by atoms with Crippen molar-refractivity contribution in [2.75, 3.05) is 18.4 Å². The van der Waals surface area contributed by atoms with E-state index in [4.69, 9.17) is 11.6 Å². The first-order valence-electron chi connectivity index (χ1n) is 9.33. The number of hydrogen-bond donors (Lipinski definition) is 1. The Morgan fingerprint density at radius 1 is 1.04 bits per heavy atom. The van der Waals surface area contributed by atoms with Gasteiger partial charge < -0.3 is 5.32 Å². The molecule has 1 aliphatic rings. The molecule has 0 saturated carbocycles. The number of nitrogens with one attached hydrogen (secondary N) is 1. The molecule has 1 fully saturated rings. The largest absolute Gasteiger partial charge is 0.325 e. The van der Waals surface area contributed by atoms with E-state index in [-0.39, 0.29) is 11.8 Å².